The fourth-order valence-corrected chi connectivity index (χ4v) is 3.27. The number of anilines is 1. The van der Waals surface area contributed by atoms with E-state index < -0.39 is 0 Å². The Bertz CT molecular complexity index is 562. The minimum atomic E-state index is -0.0257. The molecule has 1 aromatic carbocycles. The van der Waals surface area contributed by atoms with Crippen molar-refractivity contribution < 1.29 is 9.59 Å². The number of nitrogens with zero attached hydrogens (tertiary/aromatic N) is 1. The molecule has 0 radical (unpaired) electrons. The number of Topliss-reactive ketones (excluding diaryl/α,β-unsaturated/α-hetero) is 1. The lowest BCUT2D eigenvalue weighted by molar-refractivity contribution is -0.118. The van der Waals surface area contributed by atoms with Crippen molar-refractivity contribution in [3.63, 3.8) is 0 Å². The standard InChI is InChI=1S/C17H22N2O2/c1-2-4-16(20)19-10-8-12-11-13(6-7-15(12)19)17(21)14-5-3-9-18-14/h6-7,11,14,18H,2-5,8-10H2,1H3. The van der Waals surface area contributed by atoms with Gasteiger partial charge in [-0.1, -0.05) is 6.92 Å². The summed E-state index contributed by atoms with van der Waals surface area (Å²) in [5, 5.41) is 3.25. The van der Waals surface area contributed by atoms with E-state index in [1.807, 2.05) is 30.0 Å². The molecule has 1 unspecified atom stereocenters. The van der Waals surface area contributed by atoms with Gasteiger partial charge in [-0.05, 0) is 56.0 Å². The Labute approximate surface area is 125 Å². The SMILES string of the molecule is CCCC(=O)N1CCc2cc(C(=O)C3CCCN3)ccc21. The van der Waals surface area contributed by atoms with E-state index in [4.69, 9.17) is 0 Å². The van der Waals surface area contributed by atoms with Crippen molar-refractivity contribution in [2.24, 2.45) is 0 Å². The van der Waals surface area contributed by atoms with Crippen molar-refractivity contribution in [3.05, 3.63) is 29.3 Å². The van der Waals surface area contributed by atoms with Gasteiger partial charge >= 0.3 is 0 Å². The van der Waals surface area contributed by atoms with E-state index in [-0.39, 0.29) is 17.7 Å². The summed E-state index contributed by atoms with van der Waals surface area (Å²) in [7, 11) is 0. The predicted molar refractivity (Wildman–Crippen MR) is 82.8 cm³/mol. The maximum absolute atomic E-state index is 12.4. The number of nitrogens with one attached hydrogen (secondary N) is 1. The van der Waals surface area contributed by atoms with Crippen LogP contribution in [0.5, 0.6) is 0 Å². The molecule has 1 amide bonds. The summed E-state index contributed by atoms with van der Waals surface area (Å²) in [6, 6.07) is 5.77. The van der Waals surface area contributed by atoms with E-state index in [2.05, 4.69) is 5.32 Å². The molecule has 1 aromatic rings. The molecular formula is C17H22N2O2. The summed E-state index contributed by atoms with van der Waals surface area (Å²) in [5.74, 6) is 0.376. The quantitative estimate of drug-likeness (QED) is 0.864. The van der Waals surface area contributed by atoms with Crippen LogP contribution < -0.4 is 10.2 Å². The Kier molecular flexibility index (Phi) is 4.06. The Morgan fingerprint density at radius 1 is 1.38 bits per heavy atom. The first-order valence-corrected chi connectivity index (χ1v) is 7.91. The highest BCUT2D eigenvalue weighted by Crippen LogP contribution is 2.30. The Hall–Kier alpha value is -1.68. The zero-order valence-electron chi connectivity index (χ0n) is 12.5. The molecule has 2 aliphatic rings. The van der Waals surface area contributed by atoms with Gasteiger partial charge in [0.05, 0.1) is 6.04 Å². The fraction of sp³-hybridized carbons (Fsp3) is 0.529. The van der Waals surface area contributed by atoms with Crippen LogP contribution >= 0.6 is 0 Å². The topological polar surface area (TPSA) is 49.4 Å². The average molecular weight is 286 g/mol. The van der Waals surface area contributed by atoms with Crippen molar-refractivity contribution in [1.82, 2.24) is 5.32 Å². The molecule has 1 saturated heterocycles. The molecule has 4 heteroatoms. The summed E-state index contributed by atoms with van der Waals surface area (Å²) in [6.45, 7) is 3.69. The van der Waals surface area contributed by atoms with E-state index in [1.165, 1.54) is 0 Å². The minimum Gasteiger partial charge on any atom is -0.312 e. The normalized spacial score (nSPS) is 20.6. The third-order valence-corrected chi connectivity index (χ3v) is 4.40. The highest BCUT2D eigenvalue weighted by molar-refractivity contribution is 6.02. The minimum absolute atomic E-state index is 0.0257. The van der Waals surface area contributed by atoms with Crippen molar-refractivity contribution in [3.8, 4) is 0 Å². The van der Waals surface area contributed by atoms with E-state index in [0.29, 0.717) is 6.42 Å². The smallest absolute Gasteiger partial charge is 0.226 e. The number of ketones is 1. The van der Waals surface area contributed by atoms with Gasteiger partial charge in [0.15, 0.2) is 5.78 Å². The van der Waals surface area contributed by atoms with Crippen LogP contribution in [-0.2, 0) is 11.2 Å². The van der Waals surface area contributed by atoms with Gasteiger partial charge in [0.1, 0.15) is 0 Å². The molecule has 2 heterocycles. The number of carbonyl (C=O) groups excluding carboxylic acids is 2. The maximum atomic E-state index is 12.4. The summed E-state index contributed by atoms with van der Waals surface area (Å²) in [5.41, 5.74) is 2.89. The molecule has 1 atom stereocenters. The van der Waals surface area contributed by atoms with Gasteiger partial charge in [0.25, 0.3) is 0 Å². The van der Waals surface area contributed by atoms with Crippen LogP contribution in [0.15, 0.2) is 18.2 Å². The molecule has 4 nitrogen and oxygen atoms in total. The zero-order valence-corrected chi connectivity index (χ0v) is 12.5. The maximum Gasteiger partial charge on any atom is 0.226 e. The Balaban J connectivity index is 1.80. The molecule has 1 N–H and O–H groups in total. The number of fused-ring (bicyclic) bond motifs is 1. The second kappa shape index (κ2) is 5.98. The van der Waals surface area contributed by atoms with Crippen LogP contribution in [0.25, 0.3) is 0 Å². The number of amides is 1. The fourth-order valence-electron chi connectivity index (χ4n) is 3.27. The first kappa shape index (κ1) is 14.3. The van der Waals surface area contributed by atoms with Gasteiger partial charge in [-0.15, -0.1) is 0 Å². The van der Waals surface area contributed by atoms with Crippen LogP contribution in [0.4, 0.5) is 5.69 Å². The second-order valence-electron chi connectivity index (χ2n) is 5.90. The van der Waals surface area contributed by atoms with Crippen LogP contribution in [0.2, 0.25) is 0 Å². The number of benzene rings is 1. The van der Waals surface area contributed by atoms with E-state index in [9.17, 15) is 9.59 Å². The first-order chi connectivity index (χ1) is 10.2. The van der Waals surface area contributed by atoms with Gasteiger partial charge in [0, 0.05) is 24.2 Å². The Morgan fingerprint density at radius 2 is 2.24 bits per heavy atom. The summed E-state index contributed by atoms with van der Waals surface area (Å²) < 4.78 is 0. The van der Waals surface area contributed by atoms with Crippen molar-refractivity contribution >= 4 is 17.4 Å². The highest BCUT2D eigenvalue weighted by atomic mass is 16.2. The monoisotopic (exact) mass is 286 g/mol. The van der Waals surface area contributed by atoms with Gasteiger partial charge < -0.3 is 10.2 Å². The number of hydrogen-bond acceptors (Lipinski definition) is 3. The molecule has 1 fully saturated rings. The molecule has 0 aliphatic carbocycles. The Morgan fingerprint density at radius 3 is 2.95 bits per heavy atom. The lowest BCUT2D eigenvalue weighted by Gasteiger charge is -2.17. The van der Waals surface area contributed by atoms with Crippen molar-refractivity contribution in [2.45, 2.75) is 45.1 Å². The molecular weight excluding hydrogens is 264 g/mol. The van der Waals surface area contributed by atoms with Crippen LogP contribution in [-0.4, -0.2) is 30.8 Å². The lowest BCUT2D eigenvalue weighted by Crippen LogP contribution is -2.30. The number of rotatable bonds is 4. The largest absolute Gasteiger partial charge is 0.312 e. The zero-order chi connectivity index (χ0) is 14.8. The average Bonchev–Trinajstić information content (AvgIpc) is 3.15. The molecule has 0 aromatic heterocycles. The van der Waals surface area contributed by atoms with E-state index in [0.717, 1.165) is 55.6 Å². The molecule has 112 valence electrons. The highest BCUT2D eigenvalue weighted by Gasteiger charge is 2.27. The van der Waals surface area contributed by atoms with Crippen molar-refractivity contribution in [2.75, 3.05) is 18.0 Å². The molecule has 21 heavy (non-hydrogen) atoms. The van der Waals surface area contributed by atoms with E-state index >= 15 is 0 Å². The summed E-state index contributed by atoms with van der Waals surface area (Å²) in [4.78, 5) is 26.4. The predicted octanol–water partition coefficient (Wildman–Crippen LogP) is 2.31. The third-order valence-electron chi connectivity index (χ3n) is 4.40. The summed E-state index contributed by atoms with van der Waals surface area (Å²) in [6.07, 6.45) is 4.31. The molecule has 0 bridgehead atoms. The summed E-state index contributed by atoms with van der Waals surface area (Å²) >= 11 is 0. The molecule has 2 aliphatic heterocycles. The third kappa shape index (κ3) is 2.72. The van der Waals surface area contributed by atoms with Crippen LogP contribution in [0, 0.1) is 0 Å². The van der Waals surface area contributed by atoms with Gasteiger partial charge in [-0.25, -0.2) is 0 Å². The van der Waals surface area contributed by atoms with Crippen LogP contribution in [0.1, 0.15) is 48.5 Å². The van der Waals surface area contributed by atoms with Crippen molar-refractivity contribution in [1.29, 1.82) is 0 Å². The second-order valence-corrected chi connectivity index (χ2v) is 5.90. The first-order valence-electron chi connectivity index (χ1n) is 7.91. The van der Waals surface area contributed by atoms with Gasteiger partial charge in [-0.3, -0.25) is 9.59 Å². The lowest BCUT2D eigenvalue weighted by atomic mass is 10.00. The number of hydrogen-bond donors (Lipinski definition) is 1. The molecule has 0 spiro atoms. The molecule has 0 saturated carbocycles. The number of carbonyl (C=O) groups is 2. The van der Waals surface area contributed by atoms with Gasteiger partial charge in [-0.2, -0.15) is 0 Å². The van der Waals surface area contributed by atoms with Crippen LogP contribution in [0.3, 0.4) is 0 Å². The van der Waals surface area contributed by atoms with E-state index in [1.54, 1.807) is 0 Å². The van der Waals surface area contributed by atoms with Gasteiger partial charge in [0.2, 0.25) is 5.91 Å². The molecule has 3 rings (SSSR count).